The molecule has 0 atom stereocenters. The number of nitrogens with one attached hydrogen (secondary N) is 2. The molecule has 0 saturated carbocycles. The first-order chi connectivity index (χ1) is 9.84. The van der Waals surface area contributed by atoms with Crippen molar-refractivity contribution in [1.82, 2.24) is 20.1 Å². The topological polar surface area (TPSA) is 71.8 Å². The van der Waals surface area contributed by atoms with Crippen LogP contribution in [0.25, 0.3) is 5.69 Å². The molecule has 104 valence electrons. The summed E-state index contributed by atoms with van der Waals surface area (Å²) in [5.74, 6) is 0.550. The molecule has 0 spiro atoms. The number of hydrogen-bond acceptors (Lipinski definition) is 4. The van der Waals surface area contributed by atoms with Crippen molar-refractivity contribution in [1.29, 1.82) is 0 Å². The lowest BCUT2D eigenvalue weighted by Gasteiger charge is -2.21. The second-order valence-corrected chi connectivity index (χ2v) is 4.87. The summed E-state index contributed by atoms with van der Waals surface area (Å²) in [6.07, 6.45) is 3.34. The number of anilines is 1. The first-order valence-electron chi connectivity index (χ1n) is 6.81. The number of piperidine rings is 1. The van der Waals surface area contributed by atoms with E-state index in [1.165, 1.54) is 0 Å². The zero-order valence-electron chi connectivity index (χ0n) is 11.1. The van der Waals surface area contributed by atoms with Gasteiger partial charge in [-0.15, -0.1) is 10.2 Å². The van der Waals surface area contributed by atoms with Crippen LogP contribution in [-0.2, 0) is 4.79 Å². The molecule has 0 radical (unpaired) electrons. The van der Waals surface area contributed by atoms with Crippen molar-refractivity contribution in [3.63, 3.8) is 0 Å². The third-order valence-corrected chi connectivity index (χ3v) is 3.53. The molecule has 0 bridgehead atoms. The highest BCUT2D eigenvalue weighted by Gasteiger charge is 2.22. The number of aromatic nitrogens is 3. The summed E-state index contributed by atoms with van der Waals surface area (Å²) < 4.78 is 1.78. The van der Waals surface area contributed by atoms with Crippen LogP contribution in [0, 0.1) is 5.92 Å². The van der Waals surface area contributed by atoms with E-state index in [0.717, 1.165) is 31.6 Å². The van der Waals surface area contributed by atoms with Gasteiger partial charge in [0.1, 0.15) is 6.33 Å². The van der Waals surface area contributed by atoms with Crippen molar-refractivity contribution < 1.29 is 4.79 Å². The molecule has 1 aromatic carbocycles. The van der Waals surface area contributed by atoms with Crippen LogP contribution in [0.3, 0.4) is 0 Å². The van der Waals surface area contributed by atoms with Crippen molar-refractivity contribution in [2.45, 2.75) is 12.8 Å². The molecular formula is C14H17N5O. The summed E-state index contributed by atoms with van der Waals surface area (Å²) in [7, 11) is 0. The molecule has 1 saturated heterocycles. The molecule has 6 heteroatoms. The Morgan fingerprint density at radius 3 is 2.75 bits per heavy atom. The van der Waals surface area contributed by atoms with E-state index >= 15 is 0 Å². The van der Waals surface area contributed by atoms with Gasteiger partial charge in [-0.2, -0.15) is 0 Å². The van der Waals surface area contributed by atoms with Gasteiger partial charge in [-0.3, -0.25) is 14.7 Å². The molecule has 1 aromatic heterocycles. The lowest BCUT2D eigenvalue weighted by atomic mass is 9.97. The minimum atomic E-state index is 0.0247. The van der Waals surface area contributed by atoms with Gasteiger partial charge in [0.05, 0.1) is 5.69 Å². The van der Waals surface area contributed by atoms with Crippen molar-refractivity contribution in [2.75, 3.05) is 18.4 Å². The highest BCUT2D eigenvalue weighted by molar-refractivity contribution is 5.91. The fourth-order valence-corrected chi connectivity index (χ4v) is 2.39. The van der Waals surface area contributed by atoms with E-state index in [4.69, 9.17) is 0 Å². The van der Waals surface area contributed by atoms with Gasteiger partial charge in [0.25, 0.3) is 0 Å². The average molecular weight is 271 g/mol. The average Bonchev–Trinajstić information content (AvgIpc) is 2.97. The summed E-state index contributed by atoms with van der Waals surface area (Å²) >= 11 is 0. The Morgan fingerprint density at radius 2 is 2.00 bits per heavy atom. The summed E-state index contributed by atoms with van der Waals surface area (Å²) in [6.45, 7) is 1.78. The zero-order chi connectivity index (χ0) is 13.8. The van der Waals surface area contributed by atoms with Crippen LogP contribution in [0.1, 0.15) is 12.8 Å². The normalized spacial score (nSPS) is 16.0. The zero-order valence-corrected chi connectivity index (χ0v) is 11.1. The SMILES string of the molecule is O=C(Nc1nncn1-c1ccccc1)C1CCNCC1. The smallest absolute Gasteiger partial charge is 0.235 e. The molecule has 0 unspecified atom stereocenters. The molecule has 1 aliphatic heterocycles. The highest BCUT2D eigenvalue weighted by Crippen LogP contribution is 2.16. The molecule has 20 heavy (non-hydrogen) atoms. The maximum atomic E-state index is 12.2. The van der Waals surface area contributed by atoms with Gasteiger partial charge in [-0.1, -0.05) is 18.2 Å². The first-order valence-corrected chi connectivity index (χ1v) is 6.81. The van der Waals surface area contributed by atoms with E-state index in [1.807, 2.05) is 30.3 Å². The number of benzene rings is 1. The molecule has 1 aliphatic rings. The van der Waals surface area contributed by atoms with Gasteiger partial charge in [-0.05, 0) is 38.1 Å². The van der Waals surface area contributed by atoms with E-state index in [-0.39, 0.29) is 11.8 Å². The monoisotopic (exact) mass is 271 g/mol. The molecule has 0 aliphatic carbocycles. The largest absolute Gasteiger partial charge is 0.317 e. The van der Waals surface area contributed by atoms with Gasteiger partial charge >= 0.3 is 0 Å². The Morgan fingerprint density at radius 1 is 1.25 bits per heavy atom. The second kappa shape index (κ2) is 5.83. The van der Waals surface area contributed by atoms with Gasteiger partial charge in [-0.25, -0.2) is 0 Å². The number of hydrogen-bond donors (Lipinski definition) is 2. The second-order valence-electron chi connectivity index (χ2n) is 4.87. The van der Waals surface area contributed by atoms with Crippen LogP contribution >= 0.6 is 0 Å². The predicted octanol–water partition coefficient (Wildman–Crippen LogP) is 1.21. The fourth-order valence-electron chi connectivity index (χ4n) is 2.39. The van der Waals surface area contributed by atoms with Gasteiger partial charge in [0.15, 0.2) is 0 Å². The molecule has 1 amide bonds. The summed E-state index contributed by atoms with van der Waals surface area (Å²) in [5.41, 5.74) is 0.929. The van der Waals surface area contributed by atoms with E-state index in [0.29, 0.717) is 5.95 Å². The Balaban J connectivity index is 1.75. The van der Waals surface area contributed by atoms with Crippen LogP contribution in [0.15, 0.2) is 36.7 Å². The van der Waals surface area contributed by atoms with E-state index in [1.54, 1.807) is 10.9 Å². The molecule has 2 heterocycles. The number of carbonyl (C=O) groups excluding carboxylic acids is 1. The molecule has 2 N–H and O–H groups in total. The number of para-hydroxylation sites is 1. The van der Waals surface area contributed by atoms with E-state index in [9.17, 15) is 4.79 Å². The molecule has 1 fully saturated rings. The Hall–Kier alpha value is -2.21. The summed E-state index contributed by atoms with van der Waals surface area (Å²) in [5, 5.41) is 14.0. The van der Waals surface area contributed by atoms with Crippen molar-refractivity contribution in [3.8, 4) is 5.69 Å². The number of rotatable bonds is 3. The molecular weight excluding hydrogens is 254 g/mol. The third-order valence-electron chi connectivity index (χ3n) is 3.53. The van der Waals surface area contributed by atoms with Crippen LogP contribution in [0.2, 0.25) is 0 Å². The number of amides is 1. The maximum Gasteiger partial charge on any atom is 0.235 e. The Labute approximate surface area is 117 Å². The Bertz CT molecular complexity index is 574. The van der Waals surface area contributed by atoms with Gasteiger partial charge in [0, 0.05) is 5.92 Å². The number of carbonyl (C=O) groups is 1. The lowest BCUT2D eigenvalue weighted by molar-refractivity contribution is -0.120. The van der Waals surface area contributed by atoms with Crippen molar-refractivity contribution in [2.24, 2.45) is 5.92 Å². The van der Waals surface area contributed by atoms with Gasteiger partial charge in [0.2, 0.25) is 11.9 Å². The standard InChI is InChI=1S/C14H17N5O/c20-13(11-6-8-15-9-7-11)17-14-18-16-10-19(14)12-4-2-1-3-5-12/h1-5,10-11,15H,6-9H2,(H,17,18,20). The first kappa shape index (κ1) is 12.8. The van der Waals surface area contributed by atoms with Crippen LogP contribution in [0.4, 0.5) is 5.95 Å². The lowest BCUT2D eigenvalue weighted by Crippen LogP contribution is -2.35. The highest BCUT2D eigenvalue weighted by atomic mass is 16.2. The molecule has 6 nitrogen and oxygen atoms in total. The molecule has 2 aromatic rings. The fraction of sp³-hybridized carbons (Fsp3) is 0.357. The Kier molecular flexibility index (Phi) is 3.73. The molecule has 3 rings (SSSR count). The van der Waals surface area contributed by atoms with Crippen molar-refractivity contribution in [3.05, 3.63) is 36.7 Å². The summed E-state index contributed by atoms with van der Waals surface area (Å²) in [4.78, 5) is 12.2. The predicted molar refractivity (Wildman–Crippen MR) is 75.6 cm³/mol. The van der Waals surface area contributed by atoms with Gasteiger partial charge < -0.3 is 5.32 Å². The third kappa shape index (κ3) is 2.70. The minimum Gasteiger partial charge on any atom is -0.317 e. The summed E-state index contributed by atoms with van der Waals surface area (Å²) in [6, 6.07) is 9.72. The van der Waals surface area contributed by atoms with Crippen LogP contribution < -0.4 is 10.6 Å². The van der Waals surface area contributed by atoms with Crippen LogP contribution in [0.5, 0.6) is 0 Å². The minimum absolute atomic E-state index is 0.0247. The van der Waals surface area contributed by atoms with E-state index < -0.39 is 0 Å². The maximum absolute atomic E-state index is 12.2. The van der Waals surface area contributed by atoms with Crippen molar-refractivity contribution >= 4 is 11.9 Å². The quantitative estimate of drug-likeness (QED) is 0.880. The van der Waals surface area contributed by atoms with Crippen LogP contribution in [-0.4, -0.2) is 33.8 Å². The van der Waals surface area contributed by atoms with E-state index in [2.05, 4.69) is 20.8 Å². The number of nitrogens with zero attached hydrogens (tertiary/aromatic N) is 3.